The van der Waals surface area contributed by atoms with Gasteiger partial charge in [-0.25, -0.2) is 4.79 Å². The number of hydrogen-bond donors (Lipinski definition) is 1. The molecule has 2 aromatic rings. The Morgan fingerprint density at radius 1 is 1.04 bits per heavy atom. The summed E-state index contributed by atoms with van der Waals surface area (Å²) in [6.45, 7) is 8.90. The molecule has 0 aliphatic carbocycles. The molecule has 1 aromatic carbocycles. The monoisotopic (exact) mass is 315 g/mol. The molecule has 1 heterocycles. The van der Waals surface area contributed by atoms with E-state index in [1.807, 2.05) is 32.0 Å². The van der Waals surface area contributed by atoms with Crippen molar-refractivity contribution in [2.24, 2.45) is 0 Å². The van der Waals surface area contributed by atoms with E-state index in [4.69, 9.17) is 9.15 Å². The van der Waals surface area contributed by atoms with Gasteiger partial charge in [0.15, 0.2) is 6.61 Å². The molecule has 0 spiro atoms. The molecule has 0 aliphatic rings. The highest BCUT2D eigenvalue weighted by atomic mass is 16.5. The predicted molar refractivity (Wildman–Crippen MR) is 87.7 cm³/mol. The van der Waals surface area contributed by atoms with Crippen LogP contribution in [-0.2, 0) is 9.53 Å². The normalized spacial score (nSPS) is 10.5. The van der Waals surface area contributed by atoms with Gasteiger partial charge in [0.05, 0.1) is 0 Å². The maximum atomic E-state index is 12.1. The van der Waals surface area contributed by atoms with E-state index < -0.39 is 5.97 Å². The Hall–Kier alpha value is -2.56. The van der Waals surface area contributed by atoms with Gasteiger partial charge in [0, 0.05) is 11.3 Å². The molecule has 0 aliphatic heterocycles. The summed E-state index contributed by atoms with van der Waals surface area (Å²) < 4.78 is 10.5. The summed E-state index contributed by atoms with van der Waals surface area (Å²) in [6, 6.07) is 5.62. The Balaban J connectivity index is 1.96. The maximum Gasteiger partial charge on any atom is 0.342 e. The first-order valence-corrected chi connectivity index (χ1v) is 7.40. The largest absolute Gasteiger partial charge is 0.465 e. The summed E-state index contributed by atoms with van der Waals surface area (Å²) >= 11 is 0. The molecule has 0 saturated carbocycles. The molecule has 2 rings (SSSR count). The lowest BCUT2D eigenvalue weighted by molar-refractivity contribution is -0.119. The van der Waals surface area contributed by atoms with E-state index in [9.17, 15) is 9.59 Å². The van der Waals surface area contributed by atoms with Crippen molar-refractivity contribution in [3.05, 3.63) is 52.0 Å². The lowest BCUT2D eigenvalue weighted by Crippen LogP contribution is -2.21. The lowest BCUT2D eigenvalue weighted by Gasteiger charge is -2.08. The molecular formula is C18H21NO4. The number of aryl methyl sites for hydroxylation is 4. The summed E-state index contributed by atoms with van der Waals surface area (Å²) in [5.41, 5.74) is 4.04. The van der Waals surface area contributed by atoms with Crippen molar-refractivity contribution in [3.8, 4) is 0 Å². The molecule has 5 nitrogen and oxygen atoms in total. The zero-order chi connectivity index (χ0) is 17.1. The summed E-state index contributed by atoms with van der Waals surface area (Å²) in [4.78, 5) is 24.0. The molecular weight excluding hydrogens is 294 g/mol. The van der Waals surface area contributed by atoms with E-state index in [0.29, 0.717) is 22.8 Å². The minimum Gasteiger partial charge on any atom is -0.465 e. The van der Waals surface area contributed by atoms with Gasteiger partial charge >= 0.3 is 5.97 Å². The fraction of sp³-hybridized carbons (Fsp3) is 0.333. The van der Waals surface area contributed by atoms with Crippen LogP contribution in [0.4, 0.5) is 5.69 Å². The van der Waals surface area contributed by atoms with Crippen LogP contribution in [0.1, 0.15) is 38.6 Å². The van der Waals surface area contributed by atoms with Gasteiger partial charge in [-0.2, -0.15) is 0 Å². The predicted octanol–water partition coefficient (Wildman–Crippen LogP) is 3.62. The van der Waals surface area contributed by atoms with Crippen LogP contribution in [0.3, 0.4) is 0 Å². The number of benzene rings is 1. The molecule has 1 aromatic heterocycles. The molecule has 122 valence electrons. The number of rotatable bonds is 4. The Morgan fingerprint density at radius 3 is 2.30 bits per heavy atom. The van der Waals surface area contributed by atoms with Crippen molar-refractivity contribution in [2.75, 3.05) is 11.9 Å². The van der Waals surface area contributed by atoms with Crippen LogP contribution in [0.5, 0.6) is 0 Å². The van der Waals surface area contributed by atoms with Gasteiger partial charge in [0.1, 0.15) is 17.1 Å². The molecule has 23 heavy (non-hydrogen) atoms. The van der Waals surface area contributed by atoms with Crippen molar-refractivity contribution >= 4 is 17.6 Å². The highest BCUT2D eigenvalue weighted by Crippen LogP contribution is 2.21. The van der Waals surface area contributed by atoms with Crippen LogP contribution >= 0.6 is 0 Å². The van der Waals surface area contributed by atoms with Gasteiger partial charge < -0.3 is 14.5 Å². The van der Waals surface area contributed by atoms with Crippen LogP contribution < -0.4 is 5.32 Å². The second-order valence-electron chi connectivity index (χ2n) is 5.64. The van der Waals surface area contributed by atoms with Gasteiger partial charge in [-0.1, -0.05) is 6.07 Å². The Bertz CT molecular complexity index is 759. The molecule has 1 N–H and O–H groups in total. The van der Waals surface area contributed by atoms with Crippen LogP contribution in [0.15, 0.2) is 22.6 Å². The van der Waals surface area contributed by atoms with Gasteiger partial charge in [-0.15, -0.1) is 0 Å². The highest BCUT2D eigenvalue weighted by Gasteiger charge is 2.20. The van der Waals surface area contributed by atoms with Crippen molar-refractivity contribution in [1.29, 1.82) is 0 Å². The third-order valence-corrected chi connectivity index (χ3v) is 3.89. The van der Waals surface area contributed by atoms with E-state index in [1.54, 1.807) is 20.8 Å². The first-order valence-electron chi connectivity index (χ1n) is 7.40. The zero-order valence-corrected chi connectivity index (χ0v) is 14.1. The average molecular weight is 315 g/mol. The molecule has 0 atom stereocenters. The van der Waals surface area contributed by atoms with E-state index in [1.165, 1.54) is 0 Å². The second kappa shape index (κ2) is 6.69. The lowest BCUT2D eigenvalue weighted by atomic mass is 10.1. The first kappa shape index (κ1) is 16.8. The molecule has 0 saturated heterocycles. The standard InChI is InChI=1S/C18H21NO4/c1-10-6-7-15(8-11(10)2)19-16(20)9-22-18(21)17-12(3)13(4)23-14(17)5/h6-8H,9H2,1-5H3,(H,19,20). The number of anilines is 1. The number of carbonyl (C=O) groups excluding carboxylic acids is 2. The Kier molecular flexibility index (Phi) is 4.89. The number of hydrogen-bond acceptors (Lipinski definition) is 4. The molecule has 0 radical (unpaired) electrons. The quantitative estimate of drug-likeness (QED) is 0.875. The number of amides is 1. The van der Waals surface area contributed by atoms with E-state index in [-0.39, 0.29) is 12.5 Å². The van der Waals surface area contributed by atoms with Crippen LogP contribution in [0.25, 0.3) is 0 Å². The van der Waals surface area contributed by atoms with Gasteiger partial charge in [0.2, 0.25) is 0 Å². The number of esters is 1. The van der Waals surface area contributed by atoms with E-state index in [2.05, 4.69) is 5.32 Å². The maximum absolute atomic E-state index is 12.1. The average Bonchev–Trinajstić information content (AvgIpc) is 2.73. The van der Waals surface area contributed by atoms with Crippen LogP contribution in [0.2, 0.25) is 0 Å². The van der Waals surface area contributed by atoms with Crippen molar-refractivity contribution in [1.82, 2.24) is 0 Å². The molecule has 5 heteroatoms. The Morgan fingerprint density at radius 2 is 1.74 bits per heavy atom. The molecule has 1 amide bonds. The summed E-state index contributed by atoms with van der Waals surface area (Å²) in [5.74, 6) is 0.248. The summed E-state index contributed by atoms with van der Waals surface area (Å²) in [5, 5.41) is 2.71. The van der Waals surface area contributed by atoms with E-state index in [0.717, 1.165) is 16.7 Å². The minimum absolute atomic E-state index is 0.338. The molecule has 0 unspecified atom stereocenters. The number of nitrogens with one attached hydrogen (secondary N) is 1. The molecule has 0 fully saturated rings. The van der Waals surface area contributed by atoms with Gasteiger partial charge in [-0.05, 0) is 57.9 Å². The highest BCUT2D eigenvalue weighted by molar-refractivity contribution is 5.96. The first-order chi connectivity index (χ1) is 10.8. The molecule has 0 bridgehead atoms. The number of ether oxygens (including phenoxy) is 1. The fourth-order valence-electron chi connectivity index (χ4n) is 2.31. The van der Waals surface area contributed by atoms with E-state index >= 15 is 0 Å². The number of carbonyl (C=O) groups is 2. The van der Waals surface area contributed by atoms with Crippen molar-refractivity contribution in [2.45, 2.75) is 34.6 Å². The van der Waals surface area contributed by atoms with Gasteiger partial charge in [-0.3, -0.25) is 4.79 Å². The fourth-order valence-corrected chi connectivity index (χ4v) is 2.31. The van der Waals surface area contributed by atoms with Crippen molar-refractivity contribution < 1.29 is 18.7 Å². The number of furan rings is 1. The SMILES string of the molecule is Cc1ccc(NC(=O)COC(=O)c2c(C)oc(C)c2C)cc1C. The van der Waals surface area contributed by atoms with Crippen LogP contribution in [0, 0.1) is 34.6 Å². The smallest absolute Gasteiger partial charge is 0.342 e. The zero-order valence-electron chi connectivity index (χ0n) is 14.1. The minimum atomic E-state index is -0.549. The third-order valence-electron chi connectivity index (χ3n) is 3.89. The Labute approximate surface area is 135 Å². The topological polar surface area (TPSA) is 68.5 Å². The summed E-state index contributed by atoms with van der Waals surface area (Å²) in [7, 11) is 0. The van der Waals surface area contributed by atoms with Gasteiger partial charge in [0.25, 0.3) is 5.91 Å². The third kappa shape index (κ3) is 3.80. The van der Waals surface area contributed by atoms with Crippen molar-refractivity contribution in [3.63, 3.8) is 0 Å². The second-order valence-corrected chi connectivity index (χ2v) is 5.64. The van der Waals surface area contributed by atoms with Crippen LogP contribution in [-0.4, -0.2) is 18.5 Å². The summed E-state index contributed by atoms with van der Waals surface area (Å²) in [6.07, 6.45) is 0.